The van der Waals surface area contributed by atoms with Gasteiger partial charge in [0.25, 0.3) is 0 Å². The van der Waals surface area contributed by atoms with Crippen LogP contribution in [-0.2, 0) is 10.0 Å². The number of halogens is 2. The first-order chi connectivity index (χ1) is 8.88. The van der Waals surface area contributed by atoms with Gasteiger partial charge in [0.1, 0.15) is 10.7 Å². The van der Waals surface area contributed by atoms with Gasteiger partial charge in [0, 0.05) is 13.1 Å². The molecule has 0 radical (unpaired) electrons. The number of hydrogen-bond acceptors (Lipinski definition) is 3. The van der Waals surface area contributed by atoms with Gasteiger partial charge in [-0.2, -0.15) is 0 Å². The maximum atomic E-state index is 13.2. The van der Waals surface area contributed by atoms with E-state index in [2.05, 4.69) is 10.0 Å². The van der Waals surface area contributed by atoms with Crippen LogP contribution in [0.1, 0.15) is 18.9 Å². The highest BCUT2D eigenvalue weighted by Gasteiger charge is 2.19. The summed E-state index contributed by atoms with van der Waals surface area (Å²) in [4.78, 5) is -0.0939. The molecule has 0 unspecified atom stereocenters. The standard InChI is InChI=1S/C12H18ClFN2O2S/c1-3-4-15-5-6-16-19(17,18)12-7-9(2)11(14)8-10(12)13/h7-8,15-16H,3-6H2,1-2H3. The lowest BCUT2D eigenvalue weighted by Crippen LogP contribution is -2.32. The number of hydrogen-bond donors (Lipinski definition) is 2. The molecule has 0 saturated heterocycles. The van der Waals surface area contributed by atoms with E-state index in [-0.39, 0.29) is 22.0 Å². The van der Waals surface area contributed by atoms with Crippen LogP contribution >= 0.6 is 11.6 Å². The molecule has 0 aromatic heterocycles. The topological polar surface area (TPSA) is 58.2 Å². The van der Waals surface area contributed by atoms with E-state index in [1.54, 1.807) is 0 Å². The third-order valence-electron chi connectivity index (χ3n) is 2.52. The van der Waals surface area contributed by atoms with Gasteiger partial charge in [0.15, 0.2) is 0 Å². The van der Waals surface area contributed by atoms with Crippen LogP contribution in [0.5, 0.6) is 0 Å². The quantitative estimate of drug-likeness (QED) is 0.758. The van der Waals surface area contributed by atoms with Crippen molar-refractivity contribution in [3.05, 3.63) is 28.5 Å². The second-order valence-electron chi connectivity index (χ2n) is 4.18. The molecule has 1 rings (SSSR count). The summed E-state index contributed by atoms with van der Waals surface area (Å²) < 4.78 is 39.7. The molecule has 0 aliphatic carbocycles. The molecule has 0 bridgehead atoms. The fourth-order valence-electron chi connectivity index (χ4n) is 1.49. The zero-order valence-corrected chi connectivity index (χ0v) is 12.5. The molecule has 2 N–H and O–H groups in total. The maximum Gasteiger partial charge on any atom is 0.242 e. The summed E-state index contributed by atoms with van der Waals surface area (Å²) in [5, 5.41) is 2.96. The number of rotatable bonds is 7. The van der Waals surface area contributed by atoms with Gasteiger partial charge in [-0.25, -0.2) is 17.5 Å². The van der Waals surface area contributed by atoms with Crippen LogP contribution in [0.25, 0.3) is 0 Å². The highest BCUT2D eigenvalue weighted by Crippen LogP contribution is 2.24. The Balaban J connectivity index is 2.75. The summed E-state index contributed by atoms with van der Waals surface area (Å²) in [6.07, 6.45) is 0.982. The minimum Gasteiger partial charge on any atom is -0.315 e. The van der Waals surface area contributed by atoms with E-state index < -0.39 is 15.8 Å². The molecule has 108 valence electrons. The van der Waals surface area contributed by atoms with Crippen LogP contribution in [0.2, 0.25) is 5.02 Å². The van der Waals surface area contributed by atoms with Crippen molar-refractivity contribution in [1.29, 1.82) is 0 Å². The van der Waals surface area contributed by atoms with Gasteiger partial charge >= 0.3 is 0 Å². The Morgan fingerprint density at radius 3 is 2.58 bits per heavy atom. The van der Waals surface area contributed by atoms with Crippen LogP contribution in [0.3, 0.4) is 0 Å². The first-order valence-corrected chi connectivity index (χ1v) is 7.90. The fraction of sp³-hybridized carbons (Fsp3) is 0.500. The molecular formula is C12H18ClFN2O2S. The molecule has 0 saturated carbocycles. The lowest BCUT2D eigenvalue weighted by Gasteiger charge is -2.10. The average molecular weight is 309 g/mol. The second-order valence-corrected chi connectivity index (χ2v) is 6.32. The summed E-state index contributed by atoms with van der Waals surface area (Å²) >= 11 is 5.77. The highest BCUT2D eigenvalue weighted by molar-refractivity contribution is 7.89. The van der Waals surface area contributed by atoms with E-state index in [1.165, 1.54) is 13.0 Å². The smallest absolute Gasteiger partial charge is 0.242 e. The molecule has 0 aliphatic heterocycles. The summed E-state index contributed by atoms with van der Waals surface area (Å²) in [5.41, 5.74) is 0.244. The molecule has 19 heavy (non-hydrogen) atoms. The Morgan fingerprint density at radius 2 is 1.95 bits per heavy atom. The molecule has 0 spiro atoms. The Kier molecular flexibility index (Phi) is 6.19. The molecule has 4 nitrogen and oxygen atoms in total. The molecule has 7 heteroatoms. The monoisotopic (exact) mass is 308 g/mol. The highest BCUT2D eigenvalue weighted by atomic mass is 35.5. The van der Waals surface area contributed by atoms with E-state index in [0.717, 1.165) is 19.0 Å². The lowest BCUT2D eigenvalue weighted by molar-refractivity contribution is 0.574. The van der Waals surface area contributed by atoms with E-state index >= 15 is 0 Å². The Hall–Kier alpha value is -0.690. The molecule has 0 heterocycles. The van der Waals surface area contributed by atoms with Crippen LogP contribution < -0.4 is 10.0 Å². The number of benzene rings is 1. The molecule has 1 aromatic carbocycles. The minimum absolute atomic E-state index is 0.0939. The van der Waals surface area contributed by atoms with Crippen molar-refractivity contribution in [2.75, 3.05) is 19.6 Å². The number of aryl methyl sites for hydroxylation is 1. The van der Waals surface area contributed by atoms with Gasteiger partial charge in [0.2, 0.25) is 10.0 Å². The van der Waals surface area contributed by atoms with Crippen LogP contribution in [0.4, 0.5) is 4.39 Å². The van der Waals surface area contributed by atoms with Crippen LogP contribution in [0, 0.1) is 12.7 Å². The van der Waals surface area contributed by atoms with Crippen molar-refractivity contribution in [3.63, 3.8) is 0 Å². The molecule has 1 aromatic rings. The molecule has 0 aliphatic rings. The predicted octanol–water partition coefficient (Wildman–Crippen LogP) is 2.07. The Bertz CT molecular complexity index is 535. The van der Waals surface area contributed by atoms with Crippen molar-refractivity contribution in [2.24, 2.45) is 0 Å². The molecular weight excluding hydrogens is 291 g/mol. The number of nitrogens with one attached hydrogen (secondary N) is 2. The lowest BCUT2D eigenvalue weighted by atomic mass is 10.2. The van der Waals surface area contributed by atoms with Gasteiger partial charge < -0.3 is 5.32 Å². The summed E-state index contributed by atoms with van der Waals surface area (Å²) in [6.45, 7) is 5.14. The predicted molar refractivity (Wildman–Crippen MR) is 74.5 cm³/mol. The SMILES string of the molecule is CCCNCCNS(=O)(=O)c1cc(C)c(F)cc1Cl. The second kappa shape index (κ2) is 7.19. The zero-order chi connectivity index (χ0) is 14.5. The molecule has 0 amide bonds. The van der Waals surface area contributed by atoms with Gasteiger partial charge in [-0.3, -0.25) is 0 Å². The van der Waals surface area contributed by atoms with Gasteiger partial charge in [-0.1, -0.05) is 18.5 Å². The van der Waals surface area contributed by atoms with Gasteiger partial charge in [-0.05, 0) is 37.6 Å². The zero-order valence-electron chi connectivity index (χ0n) is 11.0. The van der Waals surface area contributed by atoms with Gasteiger partial charge in [0.05, 0.1) is 5.02 Å². The van der Waals surface area contributed by atoms with Crippen molar-refractivity contribution in [1.82, 2.24) is 10.0 Å². The Morgan fingerprint density at radius 1 is 1.26 bits per heavy atom. The molecule has 0 atom stereocenters. The normalized spacial score (nSPS) is 11.8. The first-order valence-electron chi connectivity index (χ1n) is 6.04. The third-order valence-corrected chi connectivity index (χ3v) is 4.45. The van der Waals surface area contributed by atoms with E-state index in [1.807, 2.05) is 6.92 Å². The van der Waals surface area contributed by atoms with E-state index in [9.17, 15) is 12.8 Å². The largest absolute Gasteiger partial charge is 0.315 e. The third kappa shape index (κ3) is 4.72. The van der Waals surface area contributed by atoms with Crippen LogP contribution in [0.15, 0.2) is 17.0 Å². The summed E-state index contributed by atoms with van der Waals surface area (Å²) in [5.74, 6) is -0.520. The van der Waals surface area contributed by atoms with Crippen LogP contribution in [-0.4, -0.2) is 28.1 Å². The van der Waals surface area contributed by atoms with Crippen molar-refractivity contribution >= 4 is 21.6 Å². The average Bonchev–Trinajstić information content (AvgIpc) is 2.33. The van der Waals surface area contributed by atoms with Gasteiger partial charge in [-0.15, -0.1) is 0 Å². The number of sulfonamides is 1. The Labute approximate surface area is 118 Å². The van der Waals surface area contributed by atoms with E-state index in [4.69, 9.17) is 11.6 Å². The first kappa shape index (κ1) is 16.4. The van der Waals surface area contributed by atoms with Crippen molar-refractivity contribution in [2.45, 2.75) is 25.2 Å². The summed E-state index contributed by atoms with van der Waals surface area (Å²) in [6, 6.07) is 2.25. The van der Waals surface area contributed by atoms with Crippen molar-refractivity contribution < 1.29 is 12.8 Å². The molecule has 0 fully saturated rings. The fourth-order valence-corrected chi connectivity index (χ4v) is 3.12. The minimum atomic E-state index is -3.71. The summed E-state index contributed by atoms with van der Waals surface area (Å²) in [7, 11) is -3.71. The van der Waals surface area contributed by atoms with E-state index in [0.29, 0.717) is 6.54 Å². The maximum absolute atomic E-state index is 13.2. The van der Waals surface area contributed by atoms with Crippen molar-refractivity contribution in [3.8, 4) is 0 Å².